The van der Waals surface area contributed by atoms with Crippen molar-refractivity contribution in [1.82, 2.24) is 0 Å². The van der Waals surface area contributed by atoms with E-state index >= 15 is 0 Å². The van der Waals surface area contributed by atoms with E-state index in [0.717, 1.165) is 0 Å². The molecule has 0 fully saturated rings. The molecule has 1 aromatic rings. The summed E-state index contributed by atoms with van der Waals surface area (Å²) in [5, 5.41) is 0.928. The summed E-state index contributed by atoms with van der Waals surface area (Å²) >= 11 is 18.2. The van der Waals surface area contributed by atoms with Gasteiger partial charge in [0.2, 0.25) is 0 Å². The van der Waals surface area contributed by atoms with Crippen molar-refractivity contribution in [3.63, 3.8) is 0 Å². The Morgan fingerprint density at radius 2 is 1.25 bits per heavy atom. The van der Waals surface area contributed by atoms with Gasteiger partial charge in [0.05, 0.1) is 0 Å². The molecule has 0 N–H and O–H groups in total. The third-order valence-corrected chi connectivity index (χ3v) is 3.28. The van der Waals surface area contributed by atoms with Gasteiger partial charge in [0.25, 0.3) is 0 Å². The van der Waals surface area contributed by atoms with E-state index in [4.69, 9.17) is 87.8 Å². The van der Waals surface area contributed by atoms with Crippen molar-refractivity contribution in [2.45, 2.75) is 0 Å². The second-order valence-electron chi connectivity index (χ2n) is 2.43. The van der Waals surface area contributed by atoms with Crippen molar-refractivity contribution in [1.29, 1.82) is 0 Å². The van der Waals surface area contributed by atoms with Crippen LogP contribution in [0.5, 0.6) is 0 Å². The van der Waals surface area contributed by atoms with Gasteiger partial charge in [0.15, 0.2) is 27.9 Å². The summed E-state index contributed by atoms with van der Waals surface area (Å²) in [6.07, 6.45) is 0. The normalized spacial score (nSPS) is 15.9. The molecule has 0 spiro atoms. The van der Waals surface area contributed by atoms with Crippen LogP contribution >= 0.6 is 99.3 Å². The quantitative estimate of drug-likeness (QED) is 0.270. The molecular weight excluding hydrogens is 535 g/mol. The molecule has 12 heteroatoms. The van der Waals surface area contributed by atoms with Gasteiger partial charge in [0.1, 0.15) is 0 Å². The molecule has 0 saturated carbocycles. The van der Waals surface area contributed by atoms with Crippen LogP contribution in [0.1, 0.15) is 0 Å². The first-order valence-electron chi connectivity index (χ1n) is 3.14. The van der Waals surface area contributed by atoms with Crippen molar-refractivity contribution >= 4 is 108 Å². The Morgan fingerprint density at radius 3 is 1.31 bits per heavy atom. The van der Waals surface area contributed by atoms with E-state index < -0.39 is 9.14 Å². The van der Waals surface area contributed by atoms with Crippen molar-refractivity contribution < 1.29 is 3.96 Å². The number of hydrogen-bond acceptors (Lipinski definition) is 1. The standard InChI is InChI=1S/C4H3Cl3NS.6ClH.Sb/c1-8-3(6)2(5)4(7)9-8;;;;;;;/h1H3;6*1H;/q+1;;;;;;;+5/p-6. The van der Waals surface area contributed by atoms with Gasteiger partial charge >= 0.3 is 67.3 Å². The Kier molecular flexibility index (Phi) is 6.49. The summed E-state index contributed by atoms with van der Waals surface area (Å²) in [5.41, 5.74) is 0. The Balaban J connectivity index is 0.000000293. The Hall–Kier alpha value is 3.06. The van der Waals surface area contributed by atoms with Crippen molar-refractivity contribution in [2.24, 2.45) is 7.05 Å². The molecule has 0 amide bonds. The van der Waals surface area contributed by atoms with Gasteiger partial charge in [-0.3, -0.25) is 0 Å². The minimum atomic E-state index is -5.42. The topological polar surface area (TPSA) is 3.88 Å². The number of aromatic nitrogens is 1. The minimum absolute atomic E-state index is 0.436. The van der Waals surface area contributed by atoms with Gasteiger partial charge in [-0.2, -0.15) is 0 Å². The molecule has 0 radical (unpaired) electrons. The third kappa shape index (κ3) is 12.1. The van der Waals surface area contributed by atoms with E-state index in [0.29, 0.717) is 14.5 Å². The zero-order valence-electron chi connectivity index (χ0n) is 7.20. The zero-order chi connectivity index (χ0) is 13.4. The maximum atomic E-state index is 5.66. The summed E-state index contributed by atoms with van der Waals surface area (Å²) in [6.45, 7) is 0. The molecular formula is C4H3Cl9NSSb. The van der Waals surface area contributed by atoms with Crippen LogP contribution in [-0.2, 0) is 7.05 Å². The van der Waals surface area contributed by atoms with E-state index in [1.165, 1.54) is 11.5 Å². The fourth-order valence-corrected chi connectivity index (χ4v) is 1.99. The number of nitrogens with zero attached hydrogens (tertiary/aromatic N) is 1. The van der Waals surface area contributed by atoms with Crippen molar-refractivity contribution in [3.05, 3.63) is 14.5 Å². The van der Waals surface area contributed by atoms with Crippen LogP contribution in [0.25, 0.3) is 0 Å². The molecule has 1 nitrogen and oxygen atoms in total. The van der Waals surface area contributed by atoms with E-state index in [1.807, 2.05) is 0 Å². The van der Waals surface area contributed by atoms with E-state index in [-0.39, 0.29) is 0 Å². The molecule has 16 heavy (non-hydrogen) atoms. The molecule has 1 rings (SSSR count). The Bertz CT molecular complexity index is 356. The second-order valence-corrected chi connectivity index (χ2v) is 61.8. The first kappa shape index (κ1) is 19.1. The first-order chi connectivity index (χ1) is 6.58. The SMILES string of the molecule is C[n+]1sc(Cl)c(Cl)c1Cl.[Cl][Sb-]([Cl])([Cl])([Cl])([Cl])[Cl]. The van der Waals surface area contributed by atoms with Crippen LogP contribution in [0, 0.1) is 0 Å². The number of hydrogen-bond donors (Lipinski definition) is 0. The number of halogens is 9. The van der Waals surface area contributed by atoms with E-state index in [2.05, 4.69) is 0 Å². The average Bonchev–Trinajstić information content (AvgIpc) is 2.11. The fraction of sp³-hybridized carbons (Fsp3) is 0.250. The van der Waals surface area contributed by atoms with Crippen LogP contribution in [0.4, 0.5) is 0 Å². The summed E-state index contributed by atoms with van der Waals surface area (Å²) in [7, 11) is 26.8. The number of rotatable bonds is 0. The molecule has 0 aliphatic rings. The molecule has 0 unspecified atom stereocenters. The molecule has 0 saturated heterocycles. The predicted molar refractivity (Wildman–Crippen MR) is 81.4 cm³/mol. The molecule has 98 valence electrons. The van der Waals surface area contributed by atoms with Gasteiger partial charge in [-0.05, 0) is 11.6 Å². The van der Waals surface area contributed by atoms with Gasteiger partial charge < -0.3 is 0 Å². The van der Waals surface area contributed by atoms with Gasteiger partial charge in [0, 0.05) is 0 Å². The third-order valence-electron chi connectivity index (χ3n) is 0.847. The molecule has 0 aliphatic carbocycles. The Labute approximate surface area is 132 Å². The molecule has 1 aromatic heterocycles. The summed E-state index contributed by atoms with van der Waals surface area (Å²) < 4.78 is 2.23. The zero-order valence-corrected chi connectivity index (χ0v) is 17.4. The molecule has 0 atom stereocenters. The second kappa shape index (κ2) is 5.45. The first-order valence-corrected chi connectivity index (χ1v) is 24.4. The van der Waals surface area contributed by atoms with Crippen LogP contribution in [0.15, 0.2) is 0 Å². The van der Waals surface area contributed by atoms with Crippen LogP contribution in [-0.4, -0.2) is 9.14 Å². The monoisotopic (exact) mass is 533 g/mol. The predicted octanol–water partition coefficient (Wildman–Crippen LogP) is 6.29. The fourth-order valence-electron chi connectivity index (χ4n) is 0.420. The maximum absolute atomic E-state index is 5.66. The Morgan fingerprint density at radius 1 is 0.938 bits per heavy atom. The van der Waals surface area contributed by atoms with Crippen LogP contribution in [0.3, 0.4) is 0 Å². The van der Waals surface area contributed by atoms with Crippen LogP contribution < -0.4 is 3.96 Å². The van der Waals surface area contributed by atoms with Crippen LogP contribution in [0.2, 0.25) is 14.5 Å². The van der Waals surface area contributed by atoms with E-state index in [1.54, 1.807) is 11.0 Å². The van der Waals surface area contributed by atoms with Gasteiger partial charge in [-0.15, -0.1) is 3.96 Å². The molecule has 1 heterocycles. The molecule has 0 aromatic carbocycles. The van der Waals surface area contributed by atoms with Gasteiger partial charge in [-0.1, -0.05) is 23.2 Å². The number of aryl methyl sites for hydroxylation is 1. The summed E-state index contributed by atoms with van der Waals surface area (Å²) in [5.74, 6) is 0. The molecule has 0 aliphatic heterocycles. The average molecular weight is 538 g/mol. The van der Waals surface area contributed by atoms with E-state index in [9.17, 15) is 0 Å². The molecule has 0 bridgehead atoms. The van der Waals surface area contributed by atoms with Crippen molar-refractivity contribution in [2.75, 3.05) is 0 Å². The summed E-state index contributed by atoms with van der Waals surface area (Å²) in [4.78, 5) is 0. The van der Waals surface area contributed by atoms with Gasteiger partial charge in [-0.25, -0.2) is 0 Å². The van der Waals surface area contributed by atoms with Crippen molar-refractivity contribution in [3.8, 4) is 0 Å². The summed E-state index contributed by atoms with van der Waals surface area (Å²) in [6, 6.07) is 0.